The van der Waals surface area contributed by atoms with E-state index in [-0.39, 0.29) is 5.54 Å². The van der Waals surface area contributed by atoms with Crippen LogP contribution >= 0.6 is 11.8 Å². The molecular formula is C15H20N2OS. The van der Waals surface area contributed by atoms with Crippen molar-refractivity contribution < 1.29 is 4.52 Å². The van der Waals surface area contributed by atoms with Crippen LogP contribution in [0.5, 0.6) is 0 Å². The lowest BCUT2D eigenvalue weighted by atomic mass is 10.1. The molecule has 0 amide bonds. The molecule has 19 heavy (non-hydrogen) atoms. The summed E-state index contributed by atoms with van der Waals surface area (Å²) < 4.78 is 5.35. The average Bonchev–Trinajstić information content (AvgIpc) is 2.77. The Morgan fingerprint density at radius 1 is 1.26 bits per heavy atom. The summed E-state index contributed by atoms with van der Waals surface area (Å²) in [5.41, 5.74) is 9.02. The van der Waals surface area contributed by atoms with Gasteiger partial charge in [0.05, 0.1) is 5.75 Å². The number of hydrogen-bond donors (Lipinski definition) is 1. The van der Waals surface area contributed by atoms with E-state index in [9.17, 15) is 0 Å². The number of aromatic nitrogens is 1. The minimum Gasteiger partial charge on any atom is -0.360 e. The van der Waals surface area contributed by atoms with Gasteiger partial charge >= 0.3 is 0 Å². The van der Waals surface area contributed by atoms with Crippen LogP contribution in [0.4, 0.5) is 0 Å². The quantitative estimate of drug-likeness (QED) is 0.906. The summed E-state index contributed by atoms with van der Waals surface area (Å²) in [5.74, 6) is 2.59. The Morgan fingerprint density at radius 2 is 1.95 bits per heavy atom. The summed E-state index contributed by atoms with van der Waals surface area (Å²) in [6, 6.07) is 10.3. The van der Waals surface area contributed by atoms with E-state index in [1.807, 2.05) is 19.9 Å². The van der Waals surface area contributed by atoms with E-state index in [0.717, 1.165) is 28.5 Å². The zero-order valence-corrected chi connectivity index (χ0v) is 12.5. The molecule has 0 saturated heterocycles. The molecule has 0 aliphatic heterocycles. The van der Waals surface area contributed by atoms with E-state index in [2.05, 4.69) is 36.3 Å². The first kappa shape index (κ1) is 14.2. The first-order chi connectivity index (χ1) is 8.94. The zero-order valence-electron chi connectivity index (χ0n) is 11.6. The van der Waals surface area contributed by atoms with Crippen molar-refractivity contribution >= 4 is 11.8 Å². The highest BCUT2D eigenvalue weighted by Crippen LogP contribution is 2.23. The van der Waals surface area contributed by atoms with Crippen LogP contribution in [0, 0.1) is 6.92 Å². The van der Waals surface area contributed by atoms with Crippen LogP contribution in [0.25, 0.3) is 11.3 Å². The topological polar surface area (TPSA) is 52.0 Å². The normalized spacial score (nSPS) is 11.8. The van der Waals surface area contributed by atoms with Crippen LogP contribution in [-0.4, -0.2) is 16.4 Å². The molecule has 1 heterocycles. The second kappa shape index (κ2) is 5.80. The standard InChI is InChI=1S/C15H20N2OS/c1-11-4-6-12(7-5-11)14-8-13(18-17-14)9-19-10-15(2,3)16/h4-8H,9-10,16H2,1-3H3. The van der Waals surface area contributed by atoms with Gasteiger partial charge in [-0.3, -0.25) is 0 Å². The minimum absolute atomic E-state index is 0.148. The molecule has 1 aromatic carbocycles. The van der Waals surface area contributed by atoms with Gasteiger partial charge in [0.1, 0.15) is 11.5 Å². The van der Waals surface area contributed by atoms with E-state index >= 15 is 0 Å². The summed E-state index contributed by atoms with van der Waals surface area (Å²) in [6.45, 7) is 6.12. The number of benzene rings is 1. The molecule has 0 unspecified atom stereocenters. The van der Waals surface area contributed by atoms with Gasteiger partial charge in [-0.05, 0) is 20.8 Å². The number of nitrogens with two attached hydrogens (primary N) is 1. The van der Waals surface area contributed by atoms with Gasteiger partial charge in [0.25, 0.3) is 0 Å². The predicted octanol–water partition coefficient (Wildman–Crippen LogP) is 3.62. The molecule has 0 spiro atoms. The predicted molar refractivity (Wildman–Crippen MR) is 81.1 cm³/mol. The van der Waals surface area contributed by atoms with Gasteiger partial charge in [-0.1, -0.05) is 35.0 Å². The molecule has 0 bridgehead atoms. The van der Waals surface area contributed by atoms with Gasteiger partial charge < -0.3 is 10.3 Å². The average molecular weight is 276 g/mol. The van der Waals surface area contributed by atoms with Crippen LogP contribution in [0.2, 0.25) is 0 Å². The summed E-state index contributed by atoms with van der Waals surface area (Å²) in [6.07, 6.45) is 0. The maximum Gasteiger partial charge on any atom is 0.147 e. The van der Waals surface area contributed by atoms with E-state index in [1.54, 1.807) is 11.8 Å². The third-order valence-corrected chi connectivity index (χ3v) is 4.06. The highest BCUT2D eigenvalue weighted by molar-refractivity contribution is 7.98. The Morgan fingerprint density at radius 3 is 2.58 bits per heavy atom. The Balaban J connectivity index is 1.97. The fourth-order valence-electron chi connectivity index (χ4n) is 1.66. The van der Waals surface area contributed by atoms with Gasteiger partial charge in [-0.15, -0.1) is 0 Å². The summed E-state index contributed by atoms with van der Waals surface area (Å²) >= 11 is 1.77. The number of rotatable bonds is 5. The smallest absolute Gasteiger partial charge is 0.147 e. The largest absolute Gasteiger partial charge is 0.360 e. The van der Waals surface area contributed by atoms with Crippen LogP contribution in [0.1, 0.15) is 25.2 Å². The highest BCUT2D eigenvalue weighted by atomic mass is 32.2. The number of aryl methyl sites for hydroxylation is 1. The van der Waals surface area contributed by atoms with Crippen LogP contribution in [0.15, 0.2) is 34.9 Å². The maximum absolute atomic E-state index is 5.94. The van der Waals surface area contributed by atoms with Gasteiger partial charge in [-0.25, -0.2) is 0 Å². The van der Waals surface area contributed by atoms with Gasteiger partial charge in [-0.2, -0.15) is 11.8 Å². The number of thioether (sulfide) groups is 1. The van der Waals surface area contributed by atoms with Gasteiger partial charge in [0.2, 0.25) is 0 Å². The Bertz CT molecular complexity index is 526. The summed E-state index contributed by atoms with van der Waals surface area (Å²) in [5, 5.41) is 4.11. The molecular weight excluding hydrogens is 256 g/mol. The number of nitrogens with zero attached hydrogens (tertiary/aromatic N) is 1. The SMILES string of the molecule is Cc1ccc(-c2cc(CSCC(C)(C)N)on2)cc1. The maximum atomic E-state index is 5.94. The molecule has 2 rings (SSSR count). The Labute approximate surface area is 118 Å². The van der Waals surface area contributed by atoms with E-state index in [1.165, 1.54) is 5.56 Å². The molecule has 0 aliphatic rings. The number of hydrogen-bond acceptors (Lipinski definition) is 4. The molecule has 0 aliphatic carbocycles. The zero-order chi connectivity index (χ0) is 13.9. The summed E-state index contributed by atoms with van der Waals surface area (Å²) in [4.78, 5) is 0. The van der Waals surface area contributed by atoms with Crippen molar-refractivity contribution in [3.8, 4) is 11.3 Å². The van der Waals surface area contributed by atoms with Crippen molar-refractivity contribution in [2.75, 3.05) is 5.75 Å². The second-order valence-electron chi connectivity index (χ2n) is 5.53. The third kappa shape index (κ3) is 4.40. The Kier molecular flexibility index (Phi) is 4.32. The molecule has 4 heteroatoms. The fourth-order valence-corrected chi connectivity index (χ4v) is 2.62. The highest BCUT2D eigenvalue weighted by Gasteiger charge is 2.12. The van der Waals surface area contributed by atoms with Crippen LogP contribution < -0.4 is 5.73 Å². The van der Waals surface area contributed by atoms with Gasteiger partial charge in [0, 0.05) is 22.9 Å². The first-order valence-corrected chi connectivity index (χ1v) is 7.49. The van der Waals surface area contributed by atoms with Crippen molar-refractivity contribution in [2.24, 2.45) is 5.73 Å². The van der Waals surface area contributed by atoms with Crippen molar-refractivity contribution in [1.29, 1.82) is 0 Å². The molecule has 2 aromatic rings. The lowest BCUT2D eigenvalue weighted by molar-refractivity contribution is 0.397. The lowest BCUT2D eigenvalue weighted by Crippen LogP contribution is -2.34. The lowest BCUT2D eigenvalue weighted by Gasteiger charge is -2.16. The minimum atomic E-state index is -0.148. The third-order valence-electron chi connectivity index (χ3n) is 2.62. The molecule has 1 aromatic heterocycles. The van der Waals surface area contributed by atoms with E-state index in [4.69, 9.17) is 10.3 Å². The van der Waals surface area contributed by atoms with E-state index in [0.29, 0.717) is 0 Å². The molecule has 0 fully saturated rings. The molecule has 0 saturated carbocycles. The molecule has 0 atom stereocenters. The van der Waals surface area contributed by atoms with Crippen molar-refractivity contribution in [3.05, 3.63) is 41.7 Å². The second-order valence-corrected chi connectivity index (χ2v) is 6.51. The van der Waals surface area contributed by atoms with Crippen molar-refractivity contribution in [2.45, 2.75) is 32.1 Å². The van der Waals surface area contributed by atoms with Gasteiger partial charge in [0.15, 0.2) is 0 Å². The molecule has 102 valence electrons. The molecule has 0 radical (unpaired) electrons. The van der Waals surface area contributed by atoms with Crippen molar-refractivity contribution in [1.82, 2.24) is 5.16 Å². The molecule has 2 N–H and O–H groups in total. The van der Waals surface area contributed by atoms with Crippen LogP contribution in [0.3, 0.4) is 0 Å². The summed E-state index contributed by atoms with van der Waals surface area (Å²) in [7, 11) is 0. The van der Waals surface area contributed by atoms with Crippen LogP contribution in [-0.2, 0) is 5.75 Å². The monoisotopic (exact) mass is 276 g/mol. The first-order valence-electron chi connectivity index (χ1n) is 6.33. The Hall–Kier alpha value is -1.26. The van der Waals surface area contributed by atoms with E-state index < -0.39 is 0 Å². The van der Waals surface area contributed by atoms with Crippen molar-refractivity contribution in [3.63, 3.8) is 0 Å². The molecule has 3 nitrogen and oxygen atoms in total. The fraction of sp³-hybridized carbons (Fsp3) is 0.400.